The fraction of sp³-hybridized carbons (Fsp3) is 0.150. The third-order valence-electron chi connectivity index (χ3n) is 3.20. The van der Waals surface area contributed by atoms with Gasteiger partial charge in [-0.25, -0.2) is 8.78 Å². The monoisotopic (exact) mass is 342 g/mol. The lowest BCUT2D eigenvalue weighted by Crippen LogP contribution is -2.00. The highest BCUT2D eigenvalue weighted by Crippen LogP contribution is 2.29. The number of hydrogen-bond donors (Lipinski definition) is 0. The van der Waals surface area contributed by atoms with Crippen LogP contribution in [0.1, 0.15) is 22.8 Å². The van der Waals surface area contributed by atoms with Gasteiger partial charge in [-0.3, -0.25) is 4.79 Å². The number of halogens is 2. The first-order valence-electron chi connectivity index (χ1n) is 7.55. The number of carbonyl (C=O) groups is 1. The molecule has 0 aliphatic rings. The van der Waals surface area contributed by atoms with Gasteiger partial charge in [0.15, 0.2) is 17.3 Å². The number of ketones is 1. The molecule has 0 N–H and O–H groups in total. The van der Waals surface area contributed by atoms with Crippen LogP contribution >= 0.6 is 0 Å². The molecule has 0 atom stereocenters. The quantitative estimate of drug-likeness (QED) is 0.428. The van der Waals surface area contributed by atoms with Crippen molar-refractivity contribution in [1.82, 2.24) is 0 Å². The smallest absolute Gasteiger partial charge is 0.188 e. The van der Waals surface area contributed by atoms with E-state index in [0.717, 1.165) is 18.2 Å². The Bertz CT molecular complexity index is 835. The zero-order chi connectivity index (χ0) is 18.2. The molecule has 0 fully saturated rings. The predicted octanol–water partition coefficient (Wildman–Crippen LogP) is 4.27. The standard InChI is InChI=1S/C20H16F2O3/c1-3-11-25-19-10-6-14(12-20(19)24-4-2)5-9-18(23)16-13-15(21)7-8-17(16)22/h1,5-10,12-13H,4,11H2,2H3/b9-5+. The molecule has 128 valence electrons. The maximum Gasteiger partial charge on any atom is 0.188 e. The average Bonchev–Trinajstić information content (AvgIpc) is 2.61. The van der Waals surface area contributed by atoms with Gasteiger partial charge in [-0.15, -0.1) is 6.42 Å². The third kappa shape index (κ3) is 4.92. The molecule has 5 heteroatoms. The second-order valence-electron chi connectivity index (χ2n) is 4.95. The summed E-state index contributed by atoms with van der Waals surface area (Å²) in [4.78, 5) is 12.0. The summed E-state index contributed by atoms with van der Waals surface area (Å²) >= 11 is 0. The van der Waals surface area contributed by atoms with Crippen LogP contribution in [0.5, 0.6) is 11.5 Å². The molecule has 3 nitrogen and oxygen atoms in total. The molecule has 0 radical (unpaired) electrons. The van der Waals surface area contributed by atoms with Gasteiger partial charge in [-0.1, -0.05) is 18.1 Å². The minimum Gasteiger partial charge on any atom is -0.490 e. The van der Waals surface area contributed by atoms with E-state index in [9.17, 15) is 13.6 Å². The van der Waals surface area contributed by atoms with Crippen molar-refractivity contribution in [2.75, 3.05) is 13.2 Å². The van der Waals surface area contributed by atoms with E-state index in [1.54, 1.807) is 18.2 Å². The van der Waals surface area contributed by atoms with Crippen LogP contribution in [0.4, 0.5) is 8.78 Å². The molecule has 0 aliphatic heterocycles. The van der Waals surface area contributed by atoms with Crippen LogP contribution in [0.3, 0.4) is 0 Å². The van der Waals surface area contributed by atoms with Crippen LogP contribution in [0.15, 0.2) is 42.5 Å². The lowest BCUT2D eigenvalue weighted by atomic mass is 10.1. The molecule has 25 heavy (non-hydrogen) atoms. The van der Waals surface area contributed by atoms with Crippen molar-refractivity contribution in [2.45, 2.75) is 6.92 Å². The van der Waals surface area contributed by atoms with Crippen LogP contribution in [0.25, 0.3) is 6.08 Å². The first kappa shape index (κ1) is 18.2. The Balaban J connectivity index is 2.22. The van der Waals surface area contributed by atoms with Crippen molar-refractivity contribution in [1.29, 1.82) is 0 Å². The number of rotatable bonds is 7. The Hall–Kier alpha value is -3.13. The molecule has 0 bridgehead atoms. The summed E-state index contributed by atoms with van der Waals surface area (Å²) in [5.74, 6) is 1.24. The van der Waals surface area contributed by atoms with Crippen molar-refractivity contribution in [3.05, 3.63) is 65.2 Å². The number of benzene rings is 2. The molecule has 0 unspecified atom stereocenters. The molecule has 0 aliphatic carbocycles. The largest absolute Gasteiger partial charge is 0.490 e. The van der Waals surface area contributed by atoms with Gasteiger partial charge in [0.2, 0.25) is 0 Å². The Labute approximate surface area is 144 Å². The Morgan fingerprint density at radius 2 is 1.96 bits per heavy atom. The summed E-state index contributed by atoms with van der Waals surface area (Å²) in [6.07, 6.45) is 7.83. The summed E-state index contributed by atoms with van der Waals surface area (Å²) in [7, 11) is 0. The molecular formula is C20H16F2O3. The van der Waals surface area contributed by atoms with Crippen molar-refractivity contribution in [3.63, 3.8) is 0 Å². The van der Waals surface area contributed by atoms with E-state index in [1.807, 2.05) is 6.92 Å². The summed E-state index contributed by atoms with van der Waals surface area (Å²) in [5, 5.41) is 0. The molecule has 2 rings (SSSR count). The summed E-state index contributed by atoms with van der Waals surface area (Å²) in [6.45, 7) is 2.35. The molecule has 0 heterocycles. The topological polar surface area (TPSA) is 35.5 Å². The summed E-state index contributed by atoms with van der Waals surface area (Å²) < 4.78 is 37.6. The van der Waals surface area contributed by atoms with Crippen LogP contribution in [-0.2, 0) is 0 Å². The number of ether oxygens (including phenoxy) is 2. The van der Waals surface area contributed by atoms with Crippen LogP contribution in [0, 0.1) is 24.0 Å². The highest BCUT2D eigenvalue weighted by molar-refractivity contribution is 6.07. The van der Waals surface area contributed by atoms with E-state index < -0.39 is 17.4 Å². The van der Waals surface area contributed by atoms with Gasteiger partial charge in [0, 0.05) is 0 Å². The van der Waals surface area contributed by atoms with Crippen LogP contribution in [0.2, 0.25) is 0 Å². The molecule has 0 saturated heterocycles. The number of carbonyl (C=O) groups excluding carboxylic acids is 1. The lowest BCUT2D eigenvalue weighted by molar-refractivity contribution is 0.104. The second kappa shape index (κ2) is 8.65. The van der Waals surface area contributed by atoms with E-state index in [-0.39, 0.29) is 12.2 Å². The number of hydrogen-bond acceptors (Lipinski definition) is 3. The highest BCUT2D eigenvalue weighted by atomic mass is 19.1. The SMILES string of the molecule is C#CCOc1ccc(/C=C/C(=O)c2cc(F)ccc2F)cc1OCC. The molecule has 2 aromatic carbocycles. The van der Waals surface area contributed by atoms with Gasteiger partial charge < -0.3 is 9.47 Å². The van der Waals surface area contributed by atoms with Gasteiger partial charge >= 0.3 is 0 Å². The zero-order valence-corrected chi connectivity index (χ0v) is 13.6. The fourth-order valence-electron chi connectivity index (χ4n) is 2.08. The van der Waals surface area contributed by atoms with E-state index in [2.05, 4.69) is 5.92 Å². The minimum atomic E-state index is -0.774. The van der Waals surface area contributed by atoms with Crippen molar-refractivity contribution in [2.24, 2.45) is 0 Å². The van der Waals surface area contributed by atoms with Gasteiger partial charge in [0.1, 0.15) is 18.2 Å². The molecular weight excluding hydrogens is 326 g/mol. The van der Waals surface area contributed by atoms with Gasteiger partial charge in [-0.05, 0) is 48.9 Å². The Morgan fingerprint density at radius 3 is 2.68 bits per heavy atom. The fourth-order valence-corrected chi connectivity index (χ4v) is 2.08. The molecule has 0 amide bonds. The zero-order valence-electron chi connectivity index (χ0n) is 13.6. The van der Waals surface area contributed by atoms with Crippen molar-refractivity contribution in [3.8, 4) is 23.8 Å². The third-order valence-corrected chi connectivity index (χ3v) is 3.20. The second-order valence-corrected chi connectivity index (χ2v) is 4.95. The van der Waals surface area contributed by atoms with E-state index in [1.165, 1.54) is 12.2 Å². The normalized spacial score (nSPS) is 10.5. The van der Waals surface area contributed by atoms with Gasteiger partial charge in [0.05, 0.1) is 12.2 Å². The van der Waals surface area contributed by atoms with E-state index >= 15 is 0 Å². The maximum atomic E-state index is 13.6. The van der Waals surface area contributed by atoms with Crippen LogP contribution < -0.4 is 9.47 Å². The minimum absolute atomic E-state index is 0.104. The number of terminal acetylenes is 1. The molecule has 2 aromatic rings. The van der Waals surface area contributed by atoms with E-state index in [0.29, 0.717) is 23.7 Å². The lowest BCUT2D eigenvalue weighted by Gasteiger charge is -2.10. The van der Waals surface area contributed by atoms with Crippen LogP contribution in [-0.4, -0.2) is 19.0 Å². The Morgan fingerprint density at radius 1 is 1.16 bits per heavy atom. The van der Waals surface area contributed by atoms with Crippen molar-refractivity contribution >= 4 is 11.9 Å². The van der Waals surface area contributed by atoms with E-state index in [4.69, 9.17) is 15.9 Å². The molecule has 0 aromatic heterocycles. The van der Waals surface area contributed by atoms with Crippen molar-refractivity contribution < 1.29 is 23.0 Å². The average molecular weight is 342 g/mol. The first-order valence-corrected chi connectivity index (χ1v) is 7.55. The molecule has 0 saturated carbocycles. The predicted molar refractivity (Wildman–Crippen MR) is 91.7 cm³/mol. The number of allylic oxidation sites excluding steroid dienone is 1. The summed E-state index contributed by atoms with van der Waals surface area (Å²) in [5.41, 5.74) is 0.317. The van der Waals surface area contributed by atoms with Gasteiger partial charge in [-0.2, -0.15) is 0 Å². The first-order chi connectivity index (χ1) is 12.0. The summed E-state index contributed by atoms with van der Waals surface area (Å²) in [6, 6.07) is 7.76. The highest BCUT2D eigenvalue weighted by Gasteiger charge is 2.10. The van der Waals surface area contributed by atoms with Gasteiger partial charge in [0.25, 0.3) is 0 Å². The molecule has 0 spiro atoms. The maximum absolute atomic E-state index is 13.6. The Kier molecular flexibility index (Phi) is 6.30.